The number of furan rings is 1. The SMILES string of the molecule is Cc1oc(C(=O)N2CCCCC2C(=O)O)cc1S(N)(=O)=O. The van der Waals surface area contributed by atoms with E-state index in [0.29, 0.717) is 19.4 Å². The normalized spacial score (nSPS) is 19.5. The Morgan fingerprint density at radius 3 is 2.62 bits per heavy atom. The molecule has 2 rings (SSSR count). The number of carboxylic acid groups (broad SMARTS) is 1. The summed E-state index contributed by atoms with van der Waals surface area (Å²) in [5.41, 5.74) is 0. The lowest BCUT2D eigenvalue weighted by Gasteiger charge is -2.32. The van der Waals surface area contributed by atoms with Gasteiger partial charge in [-0.05, 0) is 26.2 Å². The van der Waals surface area contributed by atoms with Crippen molar-refractivity contribution in [1.29, 1.82) is 0 Å². The minimum absolute atomic E-state index is 0.00438. The van der Waals surface area contributed by atoms with Crippen molar-refractivity contribution in [2.24, 2.45) is 5.14 Å². The van der Waals surface area contributed by atoms with E-state index in [0.717, 1.165) is 12.5 Å². The van der Waals surface area contributed by atoms with E-state index in [1.54, 1.807) is 0 Å². The first-order valence-corrected chi connectivity index (χ1v) is 7.93. The first kappa shape index (κ1) is 15.5. The highest BCUT2D eigenvalue weighted by Gasteiger charge is 2.34. The molecule has 1 unspecified atom stereocenters. The fourth-order valence-corrected chi connectivity index (χ4v) is 3.14. The van der Waals surface area contributed by atoms with Crippen LogP contribution in [-0.4, -0.2) is 42.9 Å². The zero-order valence-electron chi connectivity index (χ0n) is 11.4. The highest BCUT2D eigenvalue weighted by molar-refractivity contribution is 7.89. The summed E-state index contributed by atoms with van der Waals surface area (Å²) in [6, 6.07) is 0.121. The highest BCUT2D eigenvalue weighted by Crippen LogP contribution is 2.24. The molecule has 1 atom stereocenters. The van der Waals surface area contributed by atoms with E-state index in [-0.39, 0.29) is 16.4 Å². The van der Waals surface area contributed by atoms with E-state index in [1.807, 2.05) is 0 Å². The average molecular weight is 316 g/mol. The number of carbonyl (C=O) groups is 2. The van der Waals surface area contributed by atoms with Crippen LogP contribution in [0.25, 0.3) is 0 Å². The van der Waals surface area contributed by atoms with Gasteiger partial charge in [-0.2, -0.15) is 0 Å². The molecular formula is C12H16N2O6S. The van der Waals surface area contributed by atoms with Gasteiger partial charge in [0.05, 0.1) is 0 Å². The van der Waals surface area contributed by atoms with Gasteiger partial charge in [0.15, 0.2) is 5.76 Å². The number of aliphatic carboxylic acids is 1. The van der Waals surface area contributed by atoms with E-state index in [2.05, 4.69) is 0 Å². The van der Waals surface area contributed by atoms with Crippen molar-refractivity contribution in [2.45, 2.75) is 37.1 Å². The van der Waals surface area contributed by atoms with Crippen LogP contribution in [0.2, 0.25) is 0 Å². The van der Waals surface area contributed by atoms with Crippen molar-refractivity contribution in [3.8, 4) is 0 Å². The summed E-state index contributed by atoms with van der Waals surface area (Å²) in [5.74, 6) is -1.94. The number of sulfonamides is 1. The molecule has 0 bridgehead atoms. The number of nitrogens with zero attached hydrogens (tertiary/aromatic N) is 1. The zero-order chi connectivity index (χ0) is 15.8. The second-order valence-electron chi connectivity index (χ2n) is 4.92. The number of nitrogens with two attached hydrogens (primary N) is 1. The molecule has 0 saturated carbocycles. The molecule has 1 aliphatic rings. The maximum atomic E-state index is 12.3. The maximum Gasteiger partial charge on any atom is 0.326 e. The van der Waals surface area contributed by atoms with Gasteiger partial charge in [0, 0.05) is 12.6 Å². The van der Waals surface area contributed by atoms with Crippen molar-refractivity contribution in [3.05, 3.63) is 17.6 Å². The fourth-order valence-electron chi connectivity index (χ4n) is 2.43. The third kappa shape index (κ3) is 3.08. The second kappa shape index (κ2) is 5.49. The van der Waals surface area contributed by atoms with Crippen molar-refractivity contribution in [1.82, 2.24) is 4.90 Å². The third-order valence-electron chi connectivity index (χ3n) is 3.44. The fraction of sp³-hybridized carbons (Fsp3) is 0.500. The molecule has 9 heteroatoms. The topological polar surface area (TPSA) is 131 Å². The second-order valence-corrected chi connectivity index (χ2v) is 6.45. The van der Waals surface area contributed by atoms with Crippen LogP contribution in [0.15, 0.2) is 15.4 Å². The first-order valence-electron chi connectivity index (χ1n) is 6.39. The van der Waals surface area contributed by atoms with Gasteiger partial charge in [0.1, 0.15) is 16.7 Å². The molecule has 1 aromatic heterocycles. The Labute approximate surface area is 121 Å². The van der Waals surface area contributed by atoms with E-state index < -0.39 is 27.9 Å². The van der Waals surface area contributed by atoms with Gasteiger partial charge in [-0.25, -0.2) is 18.4 Å². The lowest BCUT2D eigenvalue weighted by molar-refractivity contribution is -0.143. The number of aryl methyl sites for hydroxylation is 1. The molecule has 21 heavy (non-hydrogen) atoms. The molecule has 116 valence electrons. The molecule has 1 amide bonds. The van der Waals surface area contributed by atoms with Crippen LogP contribution in [0.4, 0.5) is 0 Å². The van der Waals surface area contributed by atoms with Gasteiger partial charge in [0.2, 0.25) is 10.0 Å². The number of carbonyl (C=O) groups excluding carboxylic acids is 1. The Bertz CT molecular complexity index is 678. The lowest BCUT2D eigenvalue weighted by atomic mass is 10.0. The Kier molecular flexibility index (Phi) is 4.06. The van der Waals surface area contributed by atoms with Gasteiger partial charge in [-0.3, -0.25) is 4.79 Å². The summed E-state index contributed by atoms with van der Waals surface area (Å²) in [6.45, 7) is 1.67. The molecule has 0 aromatic carbocycles. The molecular weight excluding hydrogens is 300 g/mol. The Morgan fingerprint density at radius 2 is 2.10 bits per heavy atom. The van der Waals surface area contributed by atoms with E-state index >= 15 is 0 Å². The molecule has 1 fully saturated rings. The number of piperidine rings is 1. The van der Waals surface area contributed by atoms with Crippen LogP contribution in [0.5, 0.6) is 0 Å². The summed E-state index contributed by atoms with van der Waals surface area (Å²) in [6.07, 6.45) is 1.78. The first-order chi connectivity index (χ1) is 9.71. The minimum Gasteiger partial charge on any atom is -0.480 e. The van der Waals surface area contributed by atoms with Gasteiger partial charge in [0.25, 0.3) is 5.91 Å². The summed E-state index contributed by atoms with van der Waals surface area (Å²) < 4.78 is 27.8. The van der Waals surface area contributed by atoms with E-state index in [9.17, 15) is 18.0 Å². The zero-order valence-corrected chi connectivity index (χ0v) is 12.2. The van der Waals surface area contributed by atoms with Gasteiger partial charge >= 0.3 is 5.97 Å². The number of primary sulfonamides is 1. The Hall–Kier alpha value is -1.87. The van der Waals surface area contributed by atoms with Crippen LogP contribution < -0.4 is 5.14 Å². The van der Waals surface area contributed by atoms with Crippen LogP contribution in [0, 0.1) is 6.92 Å². The number of amides is 1. The molecule has 0 spiro atoms. The standard InChI is InChI=1S/C12H16N2O6S/c1-7-10(21(13,18)19)6-9(20-7)11(15)14-5-3-2-4-8(14)12(16)17/h6,8H,2-5H2,1H3,(H,16,17)(H2,13,18,19). The molecule has 1 saturated heterocycles. The van der Waals surface area contributed by atoms with Gasteiger partial charge in [-0.1, -0.05) is 0 Å². The molecule has 8 nitrogen and oxygen atoms in total. The summed E-state index contributed by atoms with van der Waals surface area (Å²) in [7, 11) is -3.99. The molecule has 1 aromatic rings. The monoisotopic (exact) mass is 316 g/mol. The predicted molar refractivity (Wildman–Crippen MR) is 71.1 cm³/mol. The number of likely N-dealkylation sites (tertiary alicyclic amines) is 1. The van der Waals surface area contributed by atoms with Crippen LogP contribution in [-0.2, 0) is 14.8 Å². The van der Waals surface area contributed by atoms with Gasteiger partial charge < -0.3 is 14.4 Å². The van der Waals surface area contributed by atoms with Crippen molar-refractivity contribution >= 4 is 21.9 Å². The maximum absolute atomic E-state index is 12.3. The number of rotatable bonds is 3. The summed E-state index contributed by atoms with van der Waals surface area (Å²) in [4.78, 5) is 24.5. The van der Waals surface area contributed by atoms with Crippen molar-refractivity contribution in [2.75, 3.05) is 6.54 Å². The summed E-state index contributed by atoms with van der Waals surface area (Å²) in [5, 5.41) is 14.2. The smallest absolute Gasteiger partial charge is 0.326 e. The lowest BCUT2D eigenvalue weighted by Crippen LogP contribution is -2.47. The molecule has 2 heterocycles. The van der Waals surface area contributed by atoms with Crippen molar-refractivity contribution < 1.29 is 27.5 Å². The third-order valence-corrected chi connectivity index (χ3v) is 4.46. The Balaban J connectivity index is 2.33. The Morgan fingerprint density at radius 1 is 1.43 bits per heavy atom. The molecule has 0 aliphatic carbocycles. The van der Waals surface area contributed by atoms with Crippen LogP contribution in [0.1, 0.15) is 35.6 Å². The van der Waals surface area contributed by atoms with Crippen LogP contribution >= 0.6 is 0 Å². The highest BCUT2D eigenvalue weighted by atomic mass is 32.2. The van der Waals surface area contributed by atoms with E-state index in [1.165, 1.54) is 11.8 Å². The minimum atomic E-state index is -3.99. The quantitative estimate of drug-likeness (QED) is 0.825. The molecule has 1 aliphatic heterocycles. The molecule has 3 N–H and O–H groups in total. The average Bonchev–Trinajstić information content (AvgIpc) is 2.80. The molecule has 0 radical (unpaired) electrons. The largest absolute Gasteiger partial charge is 0.480 e. The summed E-state index contributed by atoms with van der Waals surface area (Å²) >= 11 is 0. The van der Waals surface area contributed by atoms with Crippen molar-refractivity contribution in [3.63, 3.8) is 0 Å². The number of carboxylic acids is 1. The van der Waals surface area contributed by atoms with E-state index in [4.69, 9.17) is 14.7 Å². The number of hydrogen-bond acceptors (Lipinski definition) is 5. The van der Waals surface area contributed by atoms with Gasteiger partial charge in [-0.15, -0.1) is 0 Å². The number of hydrogen-bond donors (Lipinski definition) is 2. The van der Waals surface area contributed by atoms with Crippen LogP contribution in [0.3, 0.4) is 0 Å². The predicted octanol–water partition coefficient (Wildman–Crippen LogP) is 0.315.